The summed E-state index contributed by atoms with van der Waals surface area (Å²) < 4.78 is 5.16. The molecule has 9 heteroatoms. The van der Waals surface area contributed by atoms with Gasteiger partial charge in [0.1, 0.15) is 11.4 Å². The van der Waals surface area contributed by atoms with E-state index in [1.54, 1.807) is 25.3 Å². The molecule has 0 unspecified atom stereocenters. The maximum atomic E-state index is 13.1. The quantitative estimate of drug-likeness (QED) is 0.676. The molecule has 160 valence electrons. The van der Waals surface area contributed by atoms with E-state index in [1.807, 2.05) is 42.5 Å². The molecule has 2 N–H and O–H groups in total. The maximum Gasteiger partial charge on any atom is 0.321 e. The average molecular weight is 439 g/mol. The first-order valence-electron chi connectivity index (χ1n) is 9.44. The number of aliphatic imine (C=N–C) groups is 1. The first-order chi connectivity index (χ1) is 15.0. The number of nitrogens with zero attached hydrogens (tertiary/aromatic N) is 2. The van der Waals surface area contributed by atoms with Crippen LogP contribution in [0.3, 0.4) is 0 Å². The van der Waals surface area contributed by atoms with Gasteiger partial charge in [-0.05, 0) is 29.3 Å². The zero-order valence-corrected chi connectivity index (χ0v) is 17.9. The highest BCUT2D eigenvalue weighted by molar-refractivity contribution is 8.14. The van der Waals surface area contributed by atoms with Gasteiger partial charge < -0.3 is 10.1 Å². The largest absolute Gasteiger partial charge is 0.497 e. The molecule has 0 bridgehead atoms. The number of amidine groups is 1. The normalized spacial score (nSPS) is 14.4. The van der Waals surface area contributed by atoms with E-state index in [0.717, 1.165) is 22.9 Å². The summed E-state index contributed by atoms with van der Waals surface area (Å²) in [5.41, 5.74) is 2.01. The molecular formula is C22H22N4O4S. The molecule has 1 aliphatic heterocycles. The van der Waals surface area contributed by atoms with Gasteiger partial charge >= 0.3 is 6.03 Å². The van der Waals surface area contributed by atoms with Crippen molar-refractivity contribution >= 4 is 40.9 Å². The van der Waals surface area contributed by atoms with Gasteiger partial charge in [-0.15, -0.1) is 0 Å². The van der Waals surface area contributed by atoms with Crippen molar-refractivity contribution in [2.24, 2.45) is 4.99 Å². The highest BCUT2D eigenvalue weighted by atomic mass is 32.2. The third-order valence-electron chi connectivity index (χ3n) is 4.33. The lowest BCUT2D eigenvalue weighted by Gasteiger charge is -2.17. The van der Waals surface area contributed by atoms with E-state index in [0.29, 0.717) is 17.5 Å². The first kappa shape index (κ1) is 22.1. The summed E-state index contributed by atoms with van der Waals surface area (Å²) in [7, 11) is 3.01. The molecule has 0 aromatic heterocycles. The number of methoxy groups -OCH3 is 1. The Morgan fingerprint density at radius 2 is 1.84 bits per heavy atom. The standard InChI is InChI=1S/C22H22N4O4S/c1-23-21(29)25-19(27)14-31-22-24-18(12-15-8-10-17(30-2)11-9-15)20(28)26(22)13-16-6-4-3-5-7-16/h3-12H,13-14H2,1-2H3,(H2,23,25,27,29)/b18-12+. The second kappa shape index (κ2) is 10.4. The Kier molecular flexibility index (Phi) is 7.45. The molecule has 31 heavy (non-hydrogen) atoms. The SMILES string of the molecule is CNC(=O)NC(=O)CSC1=N/C(=C/c2ccc(OC)cc2)C(=O)N1Cc1ccccc1. The fourth-order valence-electron chi connectivity index (χ4n) is 2.76. The van der Waals surface area contributed by atoms with Crippen LogP contribution in [0, 0.1) is 0 Å². The summed E-state index contributed by atoms with van der Waals surface area (Å²) >= 11 is 1.10. The molecule has 0 radical (unpaired) electrons. The Labute approximate surface area is 184 Å². The molecule has 1 heterocycles. The monoisotopic (exact) mass is 438 g/mol. The van der Waals surface area contributed by atoms with Gasteiger partial charge in [0.05, 0.1) is 19.4 Å². The molecule has 0 spiro atoms. The molecule has 2 aromatic carbocycles. The van der Waals surface area contributed by atoms with Gasteiger partial charge in [0, 0.05) is 7.05 Å². The van der Waals surface area contributed by atoms with Crippen molar-refractivity contribution in [3.8, 4) is 5.75 Å². The van der Waals surface area contributed by atoms with Gasteiger partial charge in [-0.1, -0.05) is 54.2 Å². The summed E-state index contributed by atoms with van der Waals surface area (Å²) in [5, 5.41) is 4.92. The summed E-state index contributed by atoms with van der Waals surface area (Å²) in [4.78, 5) is 42.3. The molecule has 0 saturated carbocycles. The van der Waals surface area contributed by atoms with Gasteiger partial charge in [-0.25, -0.2) is 9.79 Å². The van der Waals surface area contributed by atoms with E-state index in [2.05, 4.69) is 15.6 Å². The van der Waals surface area contributed by atoms with E-state index in [-0.39, 0.29) is 17.4 Å². The van der Waals surface area contributed by atoms with Gasteiger partial charge in [0.25, 0.3) is 5.91 Å². The highest BCUT2D eigenvalue weighted by Crippen LogP contribution is 2.26. The van der Waals surface area contributed by atoms with E-state index in [1.165, 1.54) is 11.9 Å². The molecule has 3 rings (SSSR count). The summed E-state index contributed by atoms with van der Waals surface area (Å²) in [6.07, 6.45) is 1.69. The second-order valence-electron chi connectivity index (χ2n) is 6.49. The average Bonchev–Trinajstić information content (AvgIpc) is 3.08. The smallest absolute Gasteiger partial charge is 0.321 e. The third kappa shape index (κ3) is 5.95. The Balaban J connectivity index is 1.81. The maximum absolute atomic E-state index is 13.1. The van der Waals surface area contributed by atoms with E-state index >= 15 is 0 Å². The minimum Gasteiger partial charge on any atom is -0.497 e. The number of amides is 4. The first-order valence-corrected chi connectivity index (χ1v) is 10.4. The molecule has 4 amide bonds. The minimum atomic E-state index is -0.587. The molecular weight excluding hydrogens is 416 g/mol. The number of hydrogen-bond donors (Lipinski definition) is 2. The fraction of sp³-hybridized carbons (Fsp3) is 0.182. The van der Waals surface area contributed by atoms with Crippen LogP contribution in [-0.4, -0.2) is 47.8 Å². The van der Waals surface area contributed by atoms with Crippen LogP contribution in [0.5, 0.6) is 5.75 Å². The molecule has 0 aliphatic carbocycles. The van der Waals surface area contributed by atoms with Crippen molar-refractivity contribution in [2.45, 2.75) is 6.54 Å². The lowest BCUT2D eigenvalue weighted by atomic mass is 10.1. The minimum absolute atomic E-state index is 0.0549. The van der Waals surface area contributed by atoms with E-state index in [9.17, 15) is 14.4 Å². The lowest BCUT2D eigenvalue weighted by Crippen LogP contribution is -2.39. The van der Waals surface area contributed by atoms with Crippen LogP contribution in [0.1, 0.15) is 11.1 Å². The fourth-order valence-corrected chi connectivity index (χ4v) is 3.56. The predicted molar refractivity (Wildman–Crippen MR) is 120 cm³/mol. The van der Waals surface area contributed by atoms with E-state index < -0.39 is 11.9 Å². The third-order valence-corrected chi connectivity index (χ3v) is 5.30. The summed E-state index contributed by atoms with van der Waals surface area (Å²) in [6, 6.07) is 16.2. The van der Waals surface area contributed by atoms with Crippen LogP contribution in [-0.2, 0) is 16.1 Å². The number of benzene rings is 2. The molecule has 0 fully saturated rings. The lowest BCUT2D eigenvalue weighted by molar-refractivity contribution is -0.123. The van der Waals surface area contributed by atoms with Gasteiger partial charge in [0.15, 0.2) is 5.17 Å². The Morgan fingerprint density at radius 3 is 2.48 bits per heavy atom. The number of ether oxygens (including phenoxy) is 1. The number of rotatable bonds is 6. The molecule has 8 nitrogen and oxygen atoms in total. The van der Waals surface area contributed by atoms with Crippen molar-refractivity contribution in [1.29, 1.82) is 0 Å². The molecule has 1 aliphatic rings. The van der Waals surface area contributed by atoms with Crippen LogP contribution in [0.25, 0.3) is 6.08 Å². The van der Waals surface area contributed by atoms with Crippen LogP contribution in [0.4, 0.5) is 4.79 Å². The Hall–Kier alpha value is -3.59. The topological polar surface area (TPSA) is 100 Å². The Bertz CT molecular complexity index is 1020. The van der Waals surface area contributed by atoms with Crippen molar-refractivity contribution in [2.75, 3.05) is 19.9 Å². The number of thioether (sulfide) groups is 1. The number of carbonyl (C=O) groups excluding carboxylic acids is 3. The number of nitrogens with one attached hydrogen (secondary N) is 2. The van der Waals surface area contributed by atoms with Crippen molar-refractivity contribution in [1.82, 2.24) is 15.5 Å². The summed E-state index contributed by atoms with van der Waals surface area (Å²) in [5.74, 6) is -0.0752. The van der Waals surface area contributed by atoms with Gasteiger partial charge in [-0.2, -0.15) is 0 Å². The zero-order valence-electron chi connectivity index (χ0n) is 17.1. The van der Waals surface area contributed by atoms with Crippen LogP contribution >= 0.6 is 11.8 Å². The highest BCUT2D eigenvalue weighted by Gasteiger charge is 2.31. The van der Waals surface area contributed by atoms with Crippen LogP contribution in [0.2, 0.25) is 0 Å². The van der Waals surface area contributed by atoms with Gasteiger partial charge in [-0.3, -0.25) is 19.8 Å². The predicted octanol–water partition coefficient (Wildman–Crippen LogP) is 2.62. The zero-order chi connectivity index (χ0) is 22.2. The van der Waals surface area contributed by atoms with Gasteiger partial charge in [0.2, 0.25) is 5.91 Å². The molecule has 0 atom stereocenters. The van der Waals surface area contributed by atoms with E-state index in [4.69, 9.17) is 4.74 Å². The number of urea groups is 1. The summed E-state index contributed by atoms with van der Waals surface area (Å²) in [6.45, 7) is 0.322. The van der Waals surface area contributed by atoms with Crippen LogP contribution in [0.15, 0.2) is 65.3 Å². The van der Waals surface area contributed by atoms with Crippen molar-refractivity contribution < 1.29 is 19.1 Å². The number of imide groups is 1. The van der Waals surface area contributed by atoms with Crippen molar-refractivity contribution in [3.05, 3.63) is 71.4 Å². The number of carbonyl (C=O) groups is 3. The van der Waals surface area contributed by atoms with Crippen molar-refractivity contribution in [3.63, 3.8) is 0 Å². The molecule has 2 aromatic rings. The Morgan fingerprint density at radius 1 is 1.13 bits per heavy atom. The van der Waals surface area contributed by atoms with Crippen LogP contribution < -0.4 is 15.4 Å². The number of hydrogen-bond acceptors (Lipinski definition) is 6. The second-order valence-corrected chi connectivity index (χ2v) is 7.43. The molecule has 0 saturated heterocycles.